The number of nitrogens with zero attached hydrogens (tertiary/aromatic N) is 2. The molecule has 0 spiro atoms. The van der Waals surface area contributed by atoms with Gasteiger partial charge in [0.1, 0.15) is 18.1 Å². The molecule has 7 heteroatoms. The summed E-state index contributed by atoms with van der Waals surface area (Å²) < 4.78 is 10.8. The van der Waals surface area contributed by atoms with Gasteiger partial charge >= 0.3 is 0 Å². The van der Waals surface area contributed by atoms with Gasteiger partial charge in [-0.1, -0.05) is 0 Å². The molecule has 2 aromatic rings. The second-order valence-electron chi connectivity index (χ2n) is 5.06. The number of ether oxygens (including phenoxy) is 2. The van der Waals surface area contributed by atoms with Crippen LogP contribution in [0.2, 0.25) is 0 Å². The molecule has 0 saturated heterocycles. The zero-order chi connectivity index (χ0) is 17.2. The van der Waals surface area contributed by atoms with Crippen molar-refractivity contribution in [2.75, 3.05) is 33.9 Å². The Labute approximate surface area is 146 Å². The van der Waals surface area contributed by atoms with Gasteiger partial charge in [-0.05, 0) is 31.2 Å². The summed E-state index contributed by atoms with van der Waals surface area (Å²) in [6.07, 6.45) is 2.80. The van der Waals surface area contributed by atoms with E-state index in [1.807, 2.05) is 30.5 Å². The predicted molar refractivity (Wildman–Crippen MR) is 98.4 cm³/mol. The van der Waals surface area contributed by atoms with E-state index in [9.17, 15) is 0 Å². The summed E-state index contributed by atoms with van der Waals surface area (Å²) in [6.45, 7) is 4.09. The highest BCUT2D eigenvalue weighted by atomic mass is 32.1. The average Bonchev–Trinajstić information content (AvgIpc) is 3.02. The van der Waals surface area contributed by atoms with E-state index >= 15 is 0 Å². The Bertz CT molecular complexity index is 640. The van der Waals surface area contributed by atoms with Gasteiger partial charge in [-0.2, -0.15) is 0 Å². The molecule has 0 aliphatic carbocycles. The molecule has 2 rings (SSSR count). The van der Waals surface area contributed by atoms with E-state index in [2.05, 4.69) is 27.5 Å². The molecule has 0 atom stereocenters. The highest BCUT2D eigenvalue weighted by Crippen LogP contribution is 2.16. The minimum atomic E-state index is 0.554. The molecule has 0 fully saturated rings. The minimum Gasteiger partial charge on any atom is -0.497 e. The van der Waals surface area contributed by atoms with Gasteiger partial charge in [-0.15, -0.1) is 11.3 Å². The quantitative estimate of drug-likeness (QED) is 0.435. The first-order valence-electron chi connectivity index (χ1n) is 7.84. The molecule has 0 saturated carbocycles. The smallest absolute Gasteiger partial charge is 0.191 e. The molecule has 24 heavy (non-hydrogen) atoms. The molecule has 0 amide bonds. The summed E-state index contributed by atoms with van der Waals surface area (Å²) in [7, 11) is 3.40. The normalized spacial score (nSPS) is 11.2. The summed E-state index contributed by atoms with van der Waals surface area (Å²) in [6, 6.07) is 7.54. The number of benzene rings is 1. The number of methoxy groups -OCH3 is 1. The first-order valence-corrected chi connectivity index (χ1v) is 8.65. The van der Waals surface area contributed by atoms with Gasteiger partial charge in [-0.25, -0.2) is 4.98 Å². The van der Waals surface area contributed by atoms with Crippen LogP contribution in [-0.4, -0.2) is 44.8 Å². The monoisotopic (exact) mass is 348 g/mol. The number of aryl methyl sites for hydroxylation is 1. The third-order valence-corrected chi connectivity index (χ3v) is 4.22. The Kier molecular flexibility index (Phi) is 7.35. The van der Waals surface area contributed by atoms with Crippen LogP contribution in [-0.2, 0) is 6.42 Å². The van der Waals surface area contributed by atoms with E-state index in [4.69, 9.17) is 9.47 Å². The van der Waals surface area contributed by atoms with Crippen LogP contribution < -0.4 is 20.1 Å². The van der Waals surface area contributed by atoms with Gasteiger partial charge < -0.3 is 20.1 Å². The molecular formula is C17H24N4O2S. The Morgan fingerprint density at radius 1 is 1.17 bits per heavy atom. The van der Waals surface area contributed by atoms with Crippen molar-refractivity contribution in [1.29, 1.82) is 0 Å². The number of nitrogens with one attached hydrogen (secondary N) is 2. The van der Waals surface area contributed by atoms with Crippen molar-refractivity contribution in [3.05, 3.63) is 40.3 Å². The zero-order valence-electron chi connectivity index (χ0n) is 14.3. The van der Waals surface area contributed by atoms with E-state index in [0.29, 0.717) is 13.2 Å². The number of hydrogen-bond donors (Lipinski definition) is 2. The molecule has 0 bridgehead atoms. The first-order chi connectivity index (χ1) is 11.7. The zero-order valence-corrected chi connectivity index (χ0v) is 15.2. The van der Waals surface area contributed by atoms with Crippen molar-refractivity contribution in [1.82, 2.24) is 15.6 Å². The number of rotatable bonds is 8. The lowest BCUT2D eigenvalue weighted by Crippen LogP contribution is -2.40. The minimum absolute atomic E-state index is 0.554. The molecular weight excluding hydrogens is 324 g/mol. The van der Waals surface area contributed by atoms with Crippen molar-refractivity contribution in [3.63, 3.8) is 0 Å². The highest BCUT2D eigenvalue weighted by Gasteiger charge is 2.01. The number of aliphatic imine (C=N–C) groups is 1. The van der Waals surface area contributed by atoms with Crippen molar-refractivity contribution < 1.29 is 9.47 Å². The Morgan fingerprint density at radius 2 is 1.88 bits per heavy atom. The number of guanidine groups is 1. The SMILES string of the molecule is CN=C(NCCOc1ccc(OC)cc1)NCCc1ncc(C)s1. The van der Waals surface area contributed by atoms with Crippen molar-refractivity contribution in [3.8, 4) is 11.5 Å². The summed E-state index contributed by atoms with van der Waals surface area (Å²) >= 11 is 1.73. The van der Waals surface area contributed by atoms with Gasteiger partial charge in [0.25, 0.3) is 0 Å². The van der Waals surface area contributed by atoms with E-state index in [-0.39, 0.29) is 0 Å². The van der Waals surface area contributed by atoms with Crippen LogP contribution in [0, 0.1) is 6.92 Å². The topological polar surface area (TPSA) is 67.8 Å². The predicted octanol–water partition coefficient (Wildman–Crippen LogP) is 2.25. The standard InChI is InChI=1S/C17H24N4O2S/c1-13-12-21-16(24-13)8-9-19-17(18-2)20-10-11-23-15-6-4-14(22-3)5-7-15/h4-7,12H,8-11H2,1-3H3,(H2,18,19,20). The van der Waals surface area contributed by atoms with E-state index in [1.54, 1.807) is 25.5 Å². The fourth-order valence-electron chi connectivity index (χ4n) is 2.04. The number of hydrogen-bond acceptors (Lipinski definition) is 5. The maximum atomic E-state index is 5.67. The third-order valence-electron chi connectivity index (χ3n) is 3.25. The van der Waals surface area contributed by atoms with Crippen LogP contribution in [0.5, 0.6) is 11.5 Å². The maximum Gasteiger partial charge on any atom is 0.191 e. The van der Waals surface area contributed by atoms with Crippen molar-refractivity contribution in [2.45, 2.75) is 13.3 Å². The second-order valence-corrected chi connectivity index (χ2v) is 6.38. The molecule has 0 aliphatic heterocycles. The lowest BCUT2D eigenvalue weighted by molar-refractivity contribution is 0.321. The van der Waals surface area contributed by atoms with Crippen LogP contribution in [0.1, 0.15) is 9.88 Å². The summed E-state index contributed by atoms with van der Waals surface area (Å²) in [4.78, 5) is 9.79. The van der Waals surface area contributed by atoms with Gasteiger partial charge in [-0.3, -0.25) is 4.99 Å². The van der Waals surface area contributed by atoms with Gasteiger partial charge in [0.05, 0.1) is 18.7 Å². The fourth-order valence-corrected chi connectivity index (χ4v) is 2.82. The van der Waals surface area contributed by atoms with Crippen LogP contribution in [0.25, 0.3) is 0 Å². The molecule has 6 nitrogen and oxygen atoms in total. The summed E-state index contributed by atoms with van der Waals surface area (Å²) in [5, 5.41) is 7.64. The maximum absolute atomic E-state index is 5.67. The molecule has 1 heterocycles. The van der Waals surface area contributed by atoms with Crippen LogP contribution in [0.3, 0.4) is 0 Å². The highest BCUT2D eigenvalue weighted by molar-refractivity contribution is 7.11. The summed E-state index contributed by atoms with van der Waals surface area (Å²) in [5.74, 6) is 2.40. The van der Waals surface area contributed by atoms with E-state index < -0.39 is 0 Å². The third kappa shape index (κ3) is 6.08. The van der Waals surface area contributed by atoms with Gasteiger partial charge in [0.15, 0.2) is 5.96 Å². The van der Waals surface area contributed by atoms with Crippen LogP contribution >= 0.6 is 11.3 Å². The molecule has 1 aromatic carbocycles. The largest absolute Gasteiger partial charge is 0.497 e. The summed E-state index contributed by atoms with van der Waals surface area (Å²) in [5.41, 5.74) is 0. The van der Waals surface area contributed by atoms with Gasteiger partial charge in [0.2, 0.25) is 0 Å². The van der Waals surface area contributed by atoms with Crippen molar-refractivity contribution >= 4 is 17.3 Å². The van der Waals surface area contributed by atoms with Crippen molar-refractivity contribution in [2.24, 2.45) is 4.99 Å². The lowest BCUT2D eigenvalue weighted by atomic mass is 10.3. The molecule has 0 aliphatic rings. The number of thiazole rings is 1. The van der Waals surface area contributed by atoms with Gasteiger partial charge in [0, 0.05) is 31.1 Å². The average molecular weight is 348 g/mol. The van der Waals surface area contributed by atoms with E-state index in [0.717, 1.165) is 35.4 Å². The molecule has 2 N–H and O–H groups in total. The molecule has 130 valence electrons. The Morgan fingerprint density at radius 3 is 2.50 bits per heavy atom. The van der Waals surface area contributed by atoms with Crippen LogP contribution in [0.4, 0.5) is 0 Å². The molecule has 0 unspecified atom stereocenters. The number of aromatic nitrogens is 1. The Hall–Kier alpha value is -2.28. The molecule has 0 radical (unpaired) electrons. The molecule has 1 aromatic heterocycles. The Balaban J connectivity index is 1.62. The fraction of sp³-hybridized carbons (Fsp3) is 0.412. The lowest BCUT2D eigenvalue weighted by Gasteiger charge is -2.12. The first kappa shape index (κ1) is 18.1. The second kappa shape index (κ2) is 9.77. The van der Waals surface area contributed by atoms with E-state index in [1.165, 1.54) is 4.88 Å². The van der Waals surface area contributed by atoms with Crippen LogP contribution in [0.15, 0.2) is 35.5 Å².